The van der Waals surface area contributed by atoms with Crippen molar-refractivity contribution in [1.82, 2.24) is 15.1 Å². The number of aromatic amines is 1. The summed E-state index contributed by atoms with van der Waals surface area (Å²) in [5, 5.41) is 18.6. The third-order valence-corrected chi connectivity index (χ3v) is 7.16. The molecule has 4 aromatic rings. The molecule has 0 saturated carbocycles. The smallest absolute Gasteiger partial charge is 0.273 e. The lowest BCUT2D eigenvalue weighted by atomic mass is 9.95. The number of hydrogen-bond donors (Lipinski definition) is 2. The first-order valence-electron chi connectivity index (χ1n) is 13.4. The number of ether oxygens (including phenoxy) is 3. The topological polar surface area (TPSA) is 96.9 Å². The fourth-order valence-electron chi connectivity index (χ4n) is 5.01. The molecule has 0 fully saturated rings. The summed E-state index contributed by atoms with van der Waals surface area (Å²) >= 11 is 6.28. The standard InChI is InChI=1S/C31H32ClN3O5/c1-4-16-40-25-13-8-20(17-26(25)39-5-2)30-27-28(23-18-21(32)9-12-24(23)36)33-34-29(27)31(37)35(30)15-14-19-6-10-22(38-3)11-7-19/h6-13,17-18,30,36H,4-5,14-16H2,1-3H3,(H,33,34). The number of nitrogens with zero attached hydrogens (tertiary/aromatic N) is 2. The maximum Gasteiger partial charge on any atom is 0.273 e. The van der Waals surface area contributed by atoms with E-state index in [0.29, 0.717) is 65.2 Å². The zero-order valence-electron chi connectivity index (χ0n) is 22.7. The van der Waals surface area contributed by atoms with Crippen molar-refractivity contribution in [3.8, 4) is 34.3 Å². The molecule has 1 unspecified atom stereocenters. The molecule has 8 nitrogen and oxygen atoms in total. The van der Waals surface area contributed by atoms with Crippen LogP contribution in [0.3, 0.4) is 0 Å². The number of benzene rings is 3. The van der Waals surface area contributed by atoms with E-state index in [2.05, 4.69) is 10.2 Å². The van der Waals surface area contributed by atoms with Crippen molar-refractivity contribution in [1.29, 1.82) is 0 Å². The van der Waals surface area contributed by atoms with Crippen molar-refractivity contribution in [2.75, 3.05) is 26.9 Å². The second-order valence-corrected chi connectivity index (χ2v) is 9.95. The first kappa shape index (κ1) is 27.4. The van der Waals surface area contributed by atoms with Crippen molar-refractivity contribution in [3.05, 3.63) is 88.1 Å². The molecule has 0 saturated heterocycles. The lowest BCUT2D eigenvalue weighted by Gasteiger charge is -2.27. The van der Waals surface area contributed by atoms with E-state index >= 15 is 0 Å². The molecule has 1 aromatic heterocycles. The van der Waals surface area contributed by atoms with Crippen molar-refractivity contribution >= 4 is 17.5 Å². The summed E-state index contributed by atoms with van der Waals surface area (Å²) in [6.45, 7) is 5.46. The van der Waals surface area contributed by atoms with E-state index in [1.54, 1.807) is 19.2 Å². The van der Waals surface area contributed by atoms with E-state index in [9.17, 15) is 9.90 Å². The fraction of sp³-hybridized carbons (Fsp3) is 0.290. The number of aromatic hydroxyl groups is 1. The van der Waals surface area contributed by atoms with Gasteiger partial charge in [0.1, 0.15) is 22.9 Å². The van der Waals surface area contributed by atoms with Crippen LogP contribution in [0.4, 0.5) is 0 Å². The lowest BCUT2D eigenvalue weighted by molar-refractivity contribution is 0.0745. The summed E-state index contributed by atoms with van der Waals surface area (Å²) in [5.41, 5.74) is 3.92. The number of H-pyrrole nitrogens is 1. The average molecular weight is 562 g/mol. The van der Waals surface area contributed by atoms with E-state index in [1.165, 1.54) is 6.07 Å². The van der Waals surface area contributed by atoms with Crippen LogP contribution in [0.25, 0.3) is 11.3 Å². The predicted molar refractivity (Wildman–Crippen MR) is 154 cm³/mol. The van der Waals surface area contributed by atoms with Gasteiger partial charge in [0, 0.05) is 22.7 Å². The summed E-state index contributed by atoms with van der Waals surface area (Å²) in [5.74, 6) is 1.90. The zero-order chi connectivity index (χ0) is 28.2. The SMILES string of the molecule is CCCOc1ccc(C2c3c(-c4cc(Cl)ccc4O)n[nH]c3C(=O)N2CCc2ccc(OC)cc2)cc1OCC. The highest BCUT2D eigenvalue weighted by Crippen LogP contribution is 2.46. The number of methoxy groups -OCH3 is 1. The Kier molecular flexibility index (Phi) is 8.16. The first-order valence-corrected chi connectivity index (χ1v) is 13.7. The van der Waals surface area contributed by atoms with E-state index in [4.69, 9.17) is 25.8 Å². The zero-order valence-corrected chi connectivity index (χ0v) is 23.5. The van der Waals surface area contributed by atoms with E-state index in [1.807, 2.05) is 61.2 Å². The number of carbonyl (C=O) groups excluding carboxylic acids is 1. The van der Waals surface area contributed by atoms with E-state index in [0.717, 1.165) is 23.3 Å². The van der Waals surface area contributed by atoms with Gasteiger partial charge in [-0.05, 0) is 73.4 Å². The van der Waals surface area contributed by atoms with Crippen LogP contribution in [-0.2, 0) is 6.42 Å². The molecule has 2 N–H and O–H groups in total. The van der Waals surface area contributed by atoms with Crippen LogP contribution in [0.2, 0.25) is 5.02 Å². The Morgan fingerprint density at radius 1 is 1.02 bits per heavy atom. The van der Waals surface area contributed by atoms with Gasteiger partial charge >= 0.3 is 0 Å². The third-order valence-electron chi connectivity index (χ3n) is 6.92. The summed E-state index contributed by atoms with van der Waals surface area (Å²) in [7, 11) is 1.63. The monoisotopic (exact) mass is 561 g/mol. The van der Waals surface area contributed by atoms with Crippen LogP contribution in [0.15, 0.2) is 60.7 Å². The number of fused-ring (bicyclic) bond motifs is 1. The van der Waals surface area contributed by atoms with E-state index < -0.39 is 6.04 Å². The highest BCUT2D eigenvalue weighted by Gasteiger charge is 2.42. The molecular weight excluding hydrogens is 530 g/mol. The normalized spacial score (nSPS) is 14.3. The number of rotatable bonds is 11. The molecule has 0 bridgehead atoms. The molecule has 1 amide bonds. The van der Waals surface area contributed by atoms with Gasteiger partial charge in [-0.25, -0.2) is 0 Å². The van der Waals surface area contributed by atoms with Crippen molar-refractivity contribution < 1.29 is 24.1 Å². The first-order chi connectivity index (χ1) is 19.4. The highest BCUT2D eigenvalue weighted by atomic mass is 35.5. The van der Waals surface area contributed by atoms with Crippen LogP contribution < -0.4 is 14.2 Å². The summed E-state index contributed by atoms with van der Waals surface area (Å²) in [6.07, 6.45) is 1.51. The van der Waals surface area contributed by atoms with Crippen LogP contribution in [0, 0.1) is 0 Å². The molecule has 1 atom stereocenters. The lowest BCUT2D eigenvalue weighted by Crippen LogP contribution is -2.31. The number of phenolic OH excluding ortho intramolecular Hbond substituents is 1. The van der Waals surface area contributed by atoms with E-state index in [-0.39, 0.29) is 11.7 Å². The predicted octanol–water partition coefficient (Wildman–Crippen LogP) is 6.42. The van der Waals surface area contributed by atoms with Crippen molar-refractivity contribution in [2.45, 2.75) is 32.7 Å². The van der Waals surface area contributed by atoms with Gasteiger partial charge in [-0.15, -0.1) is 0 Å². The fourth-order valence-corrected chi connectivity index (χ4v) is 5.19. The van der Waals surface area contributed by atoms with Crippen LogP contribution >= 0.6 is 11.6 Å². The minimum atomic E-state index is -0.479. The van der Waals surface area contributed by atoms with Gasteiger partial charge in [-0.3, -0.25) is 9.89 Å². The number of carbonyl (C=O) groups is 1. The molecule has 40 heavy (non-hydrogen) atoms. The maximum atomic E-state index is 13.8. The Balaban J connectivity index is 1.59. The Morgan fingerprint density at radius 3 is 2.55 bits per heavy atom. The Bertz CT molecular complexity index is 1500. The largest absolute Gasteiger partial charge is 0.507 e. The molecule has 0 aliphatic carbocycles. The Labute approximate surface area is 238 Å². The maximum absolute atomic E-state index is 13.8. The van der Waals surface area contributed by atoms with Gasteiger partial charge in [0.25, 0.3) is 5.91 Å². The number of phenols is 1. The van der Waals surface area contributed by atoms with Crippen LogP contribution in [0.5, 0.6) is 23.0 Å². The van der Waals surface area contributed by atoms with Gasteiger partial charge in [0.05, 0.1) is 26.4 Å². The van der Waals surface area contributed by atoms with Crippen molar-refractivity contribution in [3.63, 3.8) is 0 Å². The van der Waals surface area contributed by atoms with Crippen LogP contribution in [-0.4, -0.2) is 53.0 Å². The second-order valence-electron chi connectivity index (χ2n) is 9.51. The molecule has 9 heteroatoms. The number of aromatic nitrogens is 2. The molecule has 5 rings (SSSR count). The highest BCUT2D eigenvalue weighted by molar-refractivity contribution is 6.31. The summed E-state index contributed by atoms with van der Waals surface area (Å²) in [6, 6.07) is 17.9. The van der Waals surface area contributed by atoms with Crippen molar-refractivity contribution in [2.24, 2.45) is 0 Å². The molecule has 1 aliphatic rings. The molecule has 3 aromatic carbocycles. The number of hydrogen-bond acceptors (Lipinski definition) is 6. The number of amides is 1. The molecule has 2 heterocycles. The molecule has 0 radical (unpaired) electrons. The summed E-state index contributed by atoms with van der Waals surface area (Å²) in [4.78, 5) is 15.6. The van der Waals surface area contributed by atoms with Gasteiger partial charge in [0.2, 0.25) is 0 Å². The minimum Gasteiger partial charge on any atom is -0.507 e. The van der Waals surface area contributed by atoms with Gasteiger partial charge < -0.3 is 24.2 Å². The third kappa shape index (κ3) is 5.31. The quantitative estimate of drug-likeness (QED) is 0.219. The molecule has 0 spiro atoms. The molecule has 1 aliphatic heterocycles. The molecular formula is C31H32ClN3O5. The summed E-state index contributed by atoms with van der Waals surface area (Å²) < 4.78 is 17.2. The Hall–Kier alpha value is -4.17. The second kappa shape index (κ2) is 11.9. The van der Waals surface area contributed by atoms with Gasteiger partial charge in [-0.2, -0.15) is 5.10 Å². The minimum absolute atomic E-state index is 0.0277. The number of halogens is 1. The average Bonchev–Trinajstić information content (AvgIpc) is 3.51. The molecule has 208 valence electrons. The van der Waals surface area contributed by atoms with Crippen LogP contribution in [0.1, 0.15) is 53.5 Å². The number of nitrogens with one attached hydrogen (secondary N) is 1. The Morgan fingerprint density at radius 2 is 1.82 bits per heavy atom. The van der Waals surface area contributed by atoms with Gasteiger partial charge in [-0.1, -0.05) is 36.7 Å². The van der Waals surface area contributed by atoms with Gasteiger partial charge in [0.15, 0.2) is 11.5 Å².